The summed E-state index contributed by atoms with van der Waals surface area (Å²) < 4.78 is 30.3. The van der Waals surface area contributed by atoms with Gasteiger partial charge in [0.2, 0.25) is 10.0 Å². The van der Waals surface area contributed by atoms with Crippen molar-refractivity contribution in [1.29, 1.82) is 0 Å². The molecule has 1 heterocycles. The number of methoxy groups -OCH3 is 1. The van der Waals surface area contributed by atoms with E-state index in [9.17, 15) is 8.42 Å². The van der Waals surface area contributed by atoms with Gasteiger partial charge in [-0.25, -0.2) is 13.1 Å². The van der Waals surface area contributed by atoms with E-state index in [-0.39, 0.29) is 30.8 Å². The minimum absolute atomic E-state index is 0. The molecule has 0 amide bonds. The van der Waals surface area contributed by atoms with Gasteiger partial charge in [0.1, 0.15) is 0 Å². The van der Waals surface area contributed by atoms with Crippen LogP contribution in [0.25, 0.3) is 0 Å². The predicted octanol–water partition coefficient (Wildman–Crippen LogP) is -0.274. The molecule has 0 aliphatic carbocycles. The number of piperidine rings is 1. The number of rotatable bonds is 5. The Kier molecular flexibility index (Phi) is 7.46. The van der Waals surface area contributed by atoms with Crippen molar-refractivity contribution in [1.82, 2.24) is 10.0 Å². The van der Waals surface area contributed by atoms with Gasteiger partial charge in [0.05, 0.1) is 12.4 Å². The molecule has 0 unspecified atom stereocenters. The highest BCUT2D eigenvalue weighted by Crippen LogP contribution is 2.02. The van der Waals surface area contributed by atoms with E-state index >= 15 is 0 Å². The third-order valence-electron chi connectivity index (χ3n) is 2.20. The monoisotopic (exact) mass is 258 g/mol. The smallest absolute Gasteiger partial charge is 0.214 e. The van der Waals surface area contributed by atoms with Crippen molar-refractivity contribution in [2.75, 3.05) is 32.6 Å². The van der Waals surface area contributed by atoms with Crippen LogP contribution in [0.15, 0.2) is 0 Å². The van der Waals surface area contributed by atoms with Gasteiger partial charge in [-0.3, -0.25) is 0 Å². The lowest BCUT2D eigenvalue weighted by Crippen LogP contribution is -2.46. The first kappa shape index (κ1) is 15.1. The molecule has 0 spiro atoms. The van der Waals surface area contributed by atoms with E-state index in [4.69, 9.17) is 4.74 Å². The third-order valence-corrected chi connectivity index (χ3v) is 3.60. The molecule has 0 saturated carbocycles. The molecule has 1 aliphatic rings. The highest BCUT2D eigenvalue weighted by molar-refractivity contribution is 7.89. The molecule has 7 heteroatoms. The Balaban J connectivity index is 0.00000196. The Hall–Kier alpha value is 0.120. The minimum atomic E-state index is -3.16. The highest BCUT2D eigenvalue weighted by Gasteiger charge is 2.19. The summed E-state index contributed by atoms with van der Waals surface area (Å²) in [5.74, 6) is 0.0417. The topological polar surface area (TPSA) is 67.4 Å². The molecule has 0 aromatic rings. The van der Waals surface area contributed by atoms with Gasteiger partial charge in [-0.15, -0.1) is 12.4 Å². The van der Waals surface area contributed by atoms with E-state index in [2.05, 4.69) is 10.0 Å². The molecule has 2 N–H and O–H groups in total. The standard InChI is InChI=1S/C8H18N2O3S.ClH/c1-13-5-6-14(11,12)10-8-3-2-4-9-7-8;/h8-10H,2-7H2,1H3;1H/t8-;/m1./s1. The molecule has 0 aromatic carbocycles. The summed E-state index contributed by atoms with van der Waals surface area (Å²) >= 11 is 0. The zero-order valence-electron chi connectivity index (χ0n) is 8.86. The maximum Gasteiger partial charge on any atom is 0.214 e. The Bertz CT molecular complexity index is 253. The fourth-order valence-electron chi connectivity index (χ4n) is 1.46. The molecule has 1 saturated heterocycles. The summed E-state index contributed by atoms with van der Waals surface area (Å²) in [6.45, 7) is 1.96. The maximum atomic E-state index is 11.4. The Morgan fingerprint density at radius 1 is 1.53 bits per heavy atom. The van der Waals surface area contributed by atoms with Crippen LogP contribution >= 0.6 is 12.4 Å². The lowest BCUT2D eigenvalue weighted by molar-refractivity contribution is 0.216. The van der Waals surface area contributed by atoms with Crippen molar-refractivity contribution in [3.63, 3.8) is 0 Å². The SMILES string of the molecule is COCCS(=O)(=O)N[C@@H]1CCCNC1.Cl. The lowest BCUT2D eigenvalue weighted by Gasteiger charge is -2.23. The van der Waals surface area contributed by atoms with Crippen LogP contribution < -0.4 is 10.0 Å². The molecule has 0 radical (unpaired) electrons. The molecule has 1 atom stereocenters. The van der Waals surface area contributed by atoms with Crippen LogP contribution in [-0.2, 0) is 14.8 Å². The van der Waals surface area contributed by atoms with Crippen molar-refractivity contribution in [3.05, 3.63) is 0 Å². The average molecular weight is 259 g/mol. The van der Waals surface area contributed by atoms with Crippen LogP contribution in [0, 0.1) is 0 Å². The molecule has 5 nitrogen and oxygen atoms in total. The zero-order valence-corrected chi connectivity index (χ0v) is 10.5. The van der Waals surface area contributed by atoms with Crippen LogP contribution in [0.2, 0.25) is 0 Å². The number of halogens is 1. The lowest BCUT2D eigenvalue weighted by atomic mass is 10.1. The van der Waals surface area contributed by atoms with Gasteiger partial charge >= 0.3 is 0 Å². The molecule has 1 aliphatic heterocycles. The number of nitrogens with one attached hydrogen (secondary N) is 2. The van der Waals surface area contributed by atoms with Gasteiger partial charge in [-0.05, 0) is 19.4 Å². The number of hydrogen-bond acceptors (Lipinski definition) is 4. The average Bonchev–Trinajstić information content (AvgIpc) is 2.16. The molecule has 0 aromatic heterocycles. The largest absolute Gasteiger partial charge is 0.384 e. The first-order valence-electron chi connectivity index (χ1n) is 4.84. The summed E-state index contributed by atoms with van der Waals surface area (Å²) in [4.78, 5) is 0. The molecule has 1 rings (SSSR count). The van der Waals surface area contributed by atoms with Crippen molar-refractivity contribution in [2.24, 2.45) is 0 Å². The van der Waals surface area contributed by atoms with Gasteiger partial charge in [0, 0.05) is 19.7 Å². The second-order valence-corrected chi connectivity index (χ2v) is 5.35. The van der Waals surface area contributed by atoms with Crippen molar-refractivity contribution in [2.45, 2.75) is 18.9 Å². The Morgan fingerprint density at radius 3 is 2.80 bits per heavy atom. The van der Waals surface area contributed by atoms with E-state index in [1.165, 1.54) is 7.11 Å². The van der Waals surface area contributed by atoms with E-state index in [1.807, 2.05) is 0 Å². The second-order valence-electron chi connectivity index (χ2n) is 3.47. The van der Waals surface area contributed by atoms with Gasteiger partial charge in [-0.2, -0.15) is 0 Å². The first-order valence-corrected chi connectivity index (χ1v) is 6.49. The Morgan fingerprint density at radius 2 is 2.27 bits per heavy atom. The van der Waals surface area contributed by atoms with Gasteiger partial charge < -0.3 is 10.1 Å². The first-order chi connectivity index (χ1) is 6.64. The fraction of sp³-hybridized carbons (Fsp3) is 1.00. The molecule has 15 heavy (non-hydrogen) atoms. The maximum absolute atomic E-state index is 11.4. The summed E-state index contributed by atoms with van der Waals surface area (Å²) in [5.41, 5.74) is 0. The predicted molar refractivity (Wildman–Crippen MR) is 61.9 cm³/mol. The van der Waals surface area contributed by atoms with Crippen molar-refractivity contribution in [3.8, 4) is 0 Å². The summed E-state index contributed by atoms with van der Waals surface area (Å²) in [6, 6.07) is 0.0469. The Labute approximate surface area is 97.4 Å². The van der Waals surface area contributed by atoms with Crippen LogP contribution in [0.1, 0.15) is 12.8 Å². The fourth-order valence-corrected chi connectivity index (χ4v) is 2.67. The highest BCUT2D eigenvalue weighted by atomic mass is 35.5. The normalized spacial score (nSPS) is 22.1. The van der Waals surface area contributed by atoms with Gasteiger partial charge in [0.15, 0.2) is 0 Å². The summed E-state index contributed by atoms with van der Waals surface area (Å²) in [6.07, 6.45) is 1.94. The van der Waals surface area contributed by atoms with E-state index in [1.54, 1.807) is 0 Å². The summed E-state index contributed by atoms with van der Waals surface area (Å²) in [5, 5.41) is 3.16. The zero-order chi connectivity index (χ0) is 10.4. The molecule has 1 fully saturated rings. The van der Waals surface area contributed by atoms with Gasteiger partial charge in [0.25, 0.3) is 0 Å². The third kappa shape index (κ3) is 6.32. The summed E-state index contributed by atoms with van der Waals surface area (Å²) in [7, 11) is -1.66. The van der Waals surface area contributed by atoms with Crippen LogP contribution in [0.4, 0.5) is 0 Å². The minimum Gasteiger partial charge on any atom is -0.384 e. The van der Waals surface area contributed by atoms with Crippen molar-refractivity contribution >= 4 is 22.4 Å². The van der Waals surface area contributed by atoms with Crippen molar-refractivity contribution < 1.29 is 13.2 Å². The van der Waals surface area contributed by atoms with Crippen LogP contribution in [0.5, 0.6) is 0 Å². The quantitative estimate of drug-likeness (QED) is 0.712. The molecule has 0 bridgehead atoms. The second kappa shape index (κ2) is 7.40. The van der Waals surface area contributed by atoms with E-state index < -0.39 is 10.0 Å². The van der Waals surface area contributed by atoms with Crippen LogP contribution in [0.3, 0.4) is 0 Å². The molecule has 92 valence electrons. The molecular weight excluding hydrogens is 240 g/mol. The number of sulfonamides is 1. The van der Waals surface area contributed by atoms with Gasteiger partial charge in [-0.1, -0.05) is 0 Å². The van der Waals surface area contributed by atoms with Crippen LogP contribution in [-0.4, -0.2) is 47.0 Å². The number of ether oxygens (including phenoxy) is 1. The van der Waals surface area contributed by atoms with E-state index in [0.717, 1.165) is 25.9 Å². The molecular formula is C8H19ClN2O3S. The number of hydrogen-bond donors (Lipinski definition) is 2. The van der Waals surface area contributed by atoms with E-state index in [0.29, 0.717) is 0 Å².